The van der Waals surface area contributed by atoms with Gasteiger partial charge in [0.25, 0.3) is 0 Å². The molecule has 2 N–H and O–H groups in total. The molecule has 0 heterocycles. The molecular weight excluding hydrogens is 267 g/mol. The van der Waals surface area contributed by atoms with Crippen LogP contribution in [0.5, 0.6) is 0 Å². The van der Waals surface area contributed by atoms with E-state index in [1.807, 2.05) is 0 Å². The summed E-state index contributed by atoms with van der Waals surface area (Å²) in [5.74, 6) is -1.01. The zero-order valence-corrected chi connectivity index (χ0v) is 9.53. The van der Waals surface area contributed by atoms with Crippen molar-refractivity contribution in [3.05, 3.63) is 29.8 Å². The molecule has 0 aliphatic rings. The predicted molar refractivity (Wildman–Crippen MR) is 58.8 cm³/mol. The van der Waals surface area contributed by atoms with Crippen LogP contribution in [0.2, 0.25) is 0 Å². The number of ether oxygens (including phenoxy) is 1. The quantitative estimate of drug-likeness (QED) is 0.886. The maximum absolute atomic E-state index is 11.8. The number of carbonyl (C=O) groups excluding carboxylic acids is 1. The SMILES string of the molecule is O=C(O)Cc1ccc(NC(=O)OCC(F)(F)F)cc1. The number of hydrogen-bond donors (Lipinski definition) is 2. The first-order valence-corrected chi connectivity index (χ1v) is 5.07. The van der Waals surface area contributed by atoms with Crippen LogP contribution in [0.1, 0.15) is 5.56 Å². The molecule has 0 atom stereocenters. The van der Waals surface area contributed by atoms with Crippen LogP contribution in [-0.4, -0.2) is 30.0 Å². The standard InChI is InChI=1S/C11H10F3NO4/c12-11(13,14)6-19-10(18)15-8-3-1-7(2-4-8)5-9(16)17/h1-4H,5-6H2,(H,15,18)(H,16,17). The fourth-order valence-corrected chi connectivity index (χ4v) is 1.18. The Hall–Kier alpha value is -2.25. The molecule has 0 saturated heterocycles. The van der Waals surface area contributed by atoms with E-state index in [0.717, 1.165) is 0 Å². The Kier molecular flexibility index (Phi) is 4.74. The molecule has 104 valence electrons. The van der Waals surface area contributed by atoms with Crippen molar-refractivity contribution in [2.75, 3.05) is 11.9 Å². The fraction of sp³-hybridized carbons (Fsp3) is 0.273. The van der Waals surface area contributed by atoms with Crippen molar-refractivity contribution in [3.8, 4) is 0 Å². The van der Waals surface area contributed by atoms with Crippen molar-refractivity contribution < 1.29 is 32.6 Å². The van der Waals surface area contributed by atoms with Crippen LogP contribution < -0.4 is 5.32 Å². The Morgan fingerprint density at radius 2 is 1.79 bits per heavy atom. The number of alkyl halides is 3. The van der Waals surface area contributed by atoms with Gasteiger partial charge in [-0.2, -0.15) is 13.2 Å². The highest BCUT2D eigenvalue weighted by molar-refractivity contribution is 5.84. The smallest absolute Gasteiger partial charge is 0.422 e. The van der Waals surface area contributed by atoms with E-state index >= 15 is 0 Å². The fourth-order valence-electron chi connectivity index (χ4n) is 1.18. The van der Waals surface area contributed by atoms with Gasteiger partial charge >= 0.3 is 18.2 Å². The van der Waals surface area contributed by atoms with E-state index in [2.05, 4.69) is 10.1 Å². The minimum Gasteiger partial charge on any atom is -0.481 e. The van der Waals surface area contributed by atoms with Gasteiger partial charge in [0.15, 0.2) is 6.61 Å². The van der Waals surface area contributed by atoms with Crippen molar-refractivity contribution >= 4 is 17.7 Å². The zero-order valence-electron chi connectivity index (χ0n) is 9.53. The highest BCUT2D eigenvalue weighted by atomic mass is 19.4. The molecule has 8 heteroatoms. The lowest BCUT2D eigenvalue weighted by Crippen LogP contribution is -2.23. The average Bonchev–Trinajstić information content (AvgIpc) is 2.28. The topological polar surface area (TPSA) is 75.6 Å². The van der Waals surface area contributed by atoms with Crippen LogP contribution in [0, 0.1) is 0 Å². The van der Waals surface area contributed by atoms with Gasteiger partial charge in [0.1, 0.15) is 0 Å². The monoisotopic (exact) mass is 277 g/mol. The van der Waals surface area contributed by atoms with Gasteiger partial charge in [-0.25, -0.2) is 4.79 Å². The number of carboxylic acid groups (broad SMARTS) is 1. The predicted octanol–water partition coefficient (Wildman–Crippen LogP) is 2.42. The summed E-state index contributed by atoms with van der Waals surface area (Å²) < 4.78 is 39.2. The number of carbonyl (C=O) groups is 2. The van der Waals surface area contributed by atoms with E-state index < -0.39 is 24.8 Å². The van der Waals surface area contributed by atoms with E-state index in [0.29, 0.717) is 5.56 Å². The first-order chi connectivity index (χ1) is 8.76. The zero-order chi connectivity index (χ0) is 14.5. The Bertz CT molecular complexity index is 456. The highest BCUT2D eigenvalue weighted by Gasteiger charge is 2.29. The number of aliphatic carboxylic acids is 1. The molecule has 0 aliphatic carbocycles. The normalized spacial score (nSPS) is 10.9. The third-order valence-electron chi connectivity index (χ3n) is 1.92. The summed E-state index contributed by atoms with van der Waals surface area (Å²) >= 11 is 0. The molecule has 0 unspecified atom stereocenters. The molecule has 5 nitrogen and oxygen atoms in total. The van der Waals surface area contributed by atoms with Crippen molar-refractivity contribution in [3.63, 3.8) is 0 Å². The number of halogens is 3. The van der Waals surface area contributed by atoms with Crippen LogP contribution in [0.25, 0.3) is 0 Å². The van der Waals surface area contributed by atoms with Crippen LogP contribution >= 0.6 is 0 Å². The average molecular weight is 277 g/mol. The lowest BCUT2D eigenvalue weighted by molar-refractivity contribution is -0.159. The first-order valence-electron chi connectivity index (χ1n) is 5.07. The summed E-state index contributed by atoms with van der Waals surface area (Å²) in [6.07, 6.45) is -6.00. The Balaban J connectivity index is 2.49. The molecule has 0 aromatic heterocycles. The number of nitrogens with one attached hydrogen (secondary N) is 1. The lowest BCUT2D eigenvalue weighted by Gasteiger charge is -2.09. The van der Waals surface area contributed by atoms with Crippen molar-refractivity contribution in [2.24, 2.45) is 0 Å². The highest BCUT2D eigenvalue weighted by Crippen LogP contribution is 2.15. The molecule has 1 rings (SSSR count). The molecule has 1 aromatic rings. The van der Waals surface area contributed by atoms with Gasteiger partial charge in [-0.15, -0.1) is 0 Å². The first kappa shape index (κ1) is 14.8. The van der Waals surface area contributed by atoms with Gasteiger partial charge < -0.3 is 9.84 Å². The van der Waals surface area contributed by atoms with Crippen LogP contribution in [0.4, 0.5) is 23.7 Å². The number of rotatable bonds is 4. The molecule has 0 radical (unpaired) electrons. The Labute approximate surface area is 106 Å². The van der Waals surface area contributed by atoms with E-state index in [4.69, 9.17) is 5.11 Å². The Morgan fingerprint density at radius 1 is 1.21 bits per heavy atom. The summed E-state index contributed by atoms with van der Waals surface area (Å²) in [6, 6.07) is 5.61. The van der Waals surface area contributed by atoms with E-state index in [1.165, 1.54) is 24.3 Å². The summed E-state index contributed by atoms with van der Waals surface area (Å²) in [6.45, 7) is -1.67. The van der Waals surface area contributed by atoms with Gasteiger partial charge in [-0.3, -0.25) is 10.1 Å². The molecule has 0 spiro atoms. The molecule has 19 heavy (non-hydrogen) atoms. The second kappa shape index (κ2) is 6.07. The molecular formula is C11H10F3NO4. The summed E-state index contributed by atoms with van der Waals surface area (Å²) in [5.41, 5.74) is 0.711. The third-order valence-corrected chi connectivity index (χ3v) is 1.92. The van der Waals surface area contributed by atoms with Crippen molar-refractivity contribution in [1.82, 2.24) is 0 Å². The largest absolute Gasteiger partial charge is 0.481 e. The van der Waals surface area contributed by atoms with E-state index in [1.54, 1.807) is 0 Å². The second-order valence-electron chi connectivity index (χ2n) is 3.58. The lowest BCUT2D eigenvalue weighted by atomic mass is 10.1. The number of benzene rings is 1. The Morgan fingerprint density at radius 3 is 2.26 bits per heavy atom. The van der Waals surface area contributed by atoms with E-state index in [9.17, 15) is 22.8 Å². The number of carboxylic acids is 1. The number of anilines is 1. The number of amides is 1. The van der Waals surface area contributed by atoms with Crippen LogP contribution in [0.3, 0.4) is 0 Å². The summed E-state index contributed by atoms with van der Waals surface area (Å²) in [7, 11) is 0. The maximum atomic E-state index is 11.8. The van der Waals surface area contributed by atoms with E-state index in [-0.39, 0.29) is 12.1 Å². The van der Waals surface area contributed by atoms with Gasteiger partial charge in [-0.1, -0.05) is 12.1 Å². The second-order valence-corrected chi connectivity index (χ2v) is 3.58. The van der Waals surface area contributed by atoms with Gasteiger partial charge in [0, 0.05) is 5.69 Å². The summed E-state index contributed by atoms with van der Waals surface area (Å²) in [5, 5.41) is 10.6. The van der Waals surface area contributed by atoms with Crippen LogP contribution in [0.15, 0.2) is 24.3 Å². The molecule has 0 saturated carbocycles. The van der Waals surface area contributed by atoms with Crippen molar-refractivity contribution in [2.45, 2.75) is 12.6 Å². The molecule has 0 fully saturated rings. The minimum absolute atomic E-state index is 0.182. The third kappa shape index (κ3) is 6.29. The summed E-state index contributed by atoms with van der Waals surface area (Å²) in [4.78, 5) is 21.4. The van der Waals surface area contributed by atoms with Crippen LogP contribution in [-0.2, 0) is 16.0 Å². The molecule has 0 aliphatic heterocycles. The van der Waals surface area contributed by atoms with Crippen molar-refractivity contribution in [1.29, 1.82) is 0 Å². The van der Waals surface area contributed by atoms with Gasteiger partial charge in [0.2, 0.25) is 0 Å². The molecule has 1 amide bonds. The van der Waals surface area contributed by atoms with Gasteiger partial charge in [0.05, 0.1) is 6.42 Å². The van der Waals surface area contributed by atoms with Gasteiger partial charge in [-0.05, 0) is 17.7 Å². The number of hydrogen-bond acceptors (Lipinski definition) is 3. The molecule has 0 bridgehead atoms. The molecule has 1 aromatic carbocycles. The maximum Gasteiger partial charge on any atom is 0.422 e. The minimum atomic E-state index is -4.58.